The Morgan fingerprint density at radius 3 is 2.82 bits per heavy atom. The fourth-order valence-electron chi connectivity index (χ4n) is 2.00. The normalized spacial score (nSPS) is 9.86. The quantitative estimate of drug-likeness (QED) is 0.510. The molecule has 4 nitrogen and oxygen atoms in total. The second-order valence-corrected chi connectivity index (χ2v) is 4.57. The Labute approximate surface area is 127 Å². The van der Waals surface area contributed by atoms with Crippen molar-refractivity contribution in [3.63, 3.8) is 0 Å². The van der Waals surface area contributed by atoms with Gasteiger partial charge in [0.1, 0.15) is 11.4 Å². The van der Waals surface area contributed by atoms with Crippen molar-refractivity contribution in [1.82, 2.24) is 9.97 Å². The summed E-state index contributed by atoms with van der Waals surface area (Å²) in [6.07, 6.45) is 1.72. The molecule has 0 saturated carbocycles. The van der Waals surface area contributed by atoms with E-state index in [0.29, 0.717) is 5.69 Å². The van der Waals surface area contributed by atoms with Gasteiger partial charge in [-0.15, -0.1) is 0 Å². The molecule has 0 amide bonds. The second kappa shape index (κ2) is 6.06. The van der Waals surface area contributed by atoms with Gasteiger partial charge in [0.25, 0.3) is 0 Å². The number of carbonyl (C=O) groups excluding carboxylic acids is 1. The van der Waals surface area contributed by atoms with Crippen LogP contribution in [0.5, 0.6) is 0 Å². The summed E-state index contributed by atoms with van der Waals surface area (Å²) >= 11 is 0. The van der Waals surface area contributed by atoms with Crippen LogP contribution in [0.1, 0.15) is 21.7 Å². The van der Waals surface area contributed by atoms with E-state index in [0.717, 1.165) is 16.5 Å². The second-order valence-electron chi connectivity index (χ2n) is 4.57. The van der Waals surface area contributed by atoms with Crippen LogP contribution < -0.4 is 0 Å². The lowest BCUT2D eigenvalue weighted by Crippen LogP contribution is -2.04. The first-order valence-electron chi connectivity index (χ1n) is 6.68. The van der Waals surface area contributed by atoms with Crippen LogP contribution in [0.25, 0.3) is 10.9 Å². The molecular weight excluding hydrogens is 276 g/mol. The van der Waals surface area contributed by atoms with E-state index in [1.807, 2.05) is 30.3 Å². The molecule has 0 unspecified atom stereocenters. The standard InChI is InChI=1S/C18H12N2O2/c1-22-18(21)17-8-4-6-15(20-17)10-9-13-11-14-5-2-3-7-16(14)19-12-13/h2-8,11-12H,1H3. The summed E-state index contributed by atoms with van der Waals surface area (Å²) in [7, 11) is 1.32. The van der Waals surface area contributed by atoms with E-state index in [1.165, 1.54) is 7.11 Å². The van der Waals surface area contributed by atoms with Crippen molar-refractivity contribution < 1.29 is 9.53 Å². The first-order chi connectivity index (χ1) is 10.8. The molecule has 22 heavy (non-hydrogen) atoms. The van der Waals surface area contributed by atoms with Gasteiger partial charge in [-0.05, 0) is 30.2 Å². The Kier molecular flexibility index (Phi) is 3.80. The fourth-order valence-corrected chi connectivity index (χ4v) is 2.00. The molecule has 106 valence electrons. The third kappa shape index (κ3) is 2.94. The van der Waals surface area contributed by atoms with Gasteiger partial charge in [0.15, 0.2) is 0 Å². The smallest absolute Gasteiger partial charge is 0.356 e. The fraction of sp³-hybridized carbons (Fsp3) is 0.0556. The Bertz CT molecular complexity index is 907. The molecule has 0 aliphatic rings. The predicted molar refractivity (Wildman–Crippen MR) is 83.3 cm³/mol. The van der Waals surface area contributed by atoms with Crippen molar-refractivity contribution in [3.8, 4) is 11.8 Å². The summed E-state index contributed by atoms with van der Waals surface area (Å²) in [4.78, 5) is 20.0. The van der Waals surface area contributed by atoms with Gasteiger partial charge in [0, 0.05) is 17.1 Å². The van der Waals surface area contributed by atoms with Crippen LogP contribution in [0, 0.1) is 11.8 Å². The van der Waals surface area contributed by atoms with E-state index in [4.69, 9.17) is 0 Å². The molecule has 0 aliphatic carbocycles. The summed E-state index contributed by atoms with van der Waals surface area (Å²) in [5, 5.41) is 1.03. The number of nitrogens with zero attached hydrogens (tertiary/aromatic N) is 2. The van der Waals surface area contributed by atoms with Crippen LogP contribution in [0.3, 0.4) is 0 Å². The largest absolute Gasteiger partial charge is 0.464 e. The first kappa shape index (κ1) is 13.8. The number of fused-ring (bicyclic) bond motifs is 1. The molecule has 0 saturated heterocycles. The maximum atomic E-state index is 11.4. The van der Waals surface area contributed by atoms with E-state index < -0.39 is 5.97 Å². The van der Waals surface area contributed by atoms with Crippen molar-refractivity contribution in [3.05, 3.63) is 71.7 Å². The molecule has 0 fully saturated rings. The van der Waals surface area contributed by atoms with Gasteiger partial charge >= 0.3 is 5.97 Å². The Morgan fingerprint density at radius 2 is 1.95 bits per heavy atom. The number of hydrogen-bond donors (Lipinski definition) is 0. The predicted octanol–water partition coefficient (Wildman–Crippen LogP) is 2.82. The summed E-state index contributed by atoms with van der Waals surface area (Å²) < 4.78 is 4.64. The molecule has 0 atom stereocenters. The number of methoxy groups -OCH3 is 1. The van der Waals surface area contributed by atoms with Crippen LogP contribution in [0.4, 0.5) is 0 Å². The summed E-state index contributed by atoms with van der Waals surface area (Å²) in [5.74, 6) is 5.47. The molecule has 0 bridgehead atoms. The van der Waals surface area contributed by atoms with Crippen LogP contribution in [0.2, 0.25) is 0 Å². The minimum absolute atomic E-state index is 0.242. The summed E-state index contributed by atoms with van der Waals surface area (Å²) in [6.45, 7) is 0. The average molecular weight is 288 g/mol. The zero-order valence-corrected chi connectivity index (χ0v) is 11.9. The Balaban J connectivity index is 1.92. The van der Waals surface area contributed by atoms with E-state index in [-0.39, 0.29) is 5.69 Å². The average Bonchev–Trinajstić information content (AvgIpc) is 2.59. The summed E-state index contributed by atoms with van der Waals surface area (Å²) in [5.41, 5.74) is 2.48. The number of para-hydroxylation sites is 1. The lowest BCUT2D eigenvalue weighted by Gasteiger charge is -1.98. The minimum atomic E-state index is -0.476. The molecule has 3 rings (SSSR count). The van der Waals surface area contributed by atoms with Gasteiger partial charge in [-0.2, -0.15) is 0 Å². The maximum Gasteiger partial charge on any atom is 0.356 e. The Hall–Kier alpha value is -3.19. The number of hydrogen-bond acceptors (Lipinski definition) is 4. The van der Waals surface area contributed by atoms with Gasteiger partial charge in [0.2, 0.25) is 0 Å². The van der Waals surface area contributed by atoms with E-state index in [9.17, 15) is 4.79 Å². The van der Waals surface area contributed by atoms with Crippen molar-refractivity contribution >= 4 is 16.9 Å². The van der Waals surface area contributed by atoms with Crippen molar-refractivity contribution in [1.29, 1.82) is 0 Å². The lowest BCUT2D eigenvalue weighted by atomic mass is 10.1. The number of aromatic nitrogens is 2. The van der Waals surface area contributed by atoms with Gasteiger partial charge < -0.3 is 4.74 Å². The number of benzene rings is 1. The number of rotatable bonds is 1. The van der Waals surface area contributed by atoms with Crippen LogP contribution >= 0.6 is 0 Å². The van der Waals surface area contributed by atoms with Crippen LogP contribution in [0.15, 0.2) is 54.7 Å². The third-order valence-electron chi connectivity index (χ3n) is 3.07. The van der Waals surface area contributed by atoms with Gasteiger partial charge in [-0.1, -0.05) is 30.2 Å². The molecule has 0 aliphatic heterocycles. The van der Waals surface area contributed by atoms with Crippen LogP contribution in [-0.4, -0.2) is 23.0 Å². The number of pyridine rings is 2. The monoisotopic (exact) mass is 288 g/mol. The van der Waals surface area contributed by atoms with Crippen LogP contribution in [-0.2, 0) is 4.74 Å². The van der Waals surface area contributed by atoms with E-state index in [2.05, 4.69) is 26.5 Å². The first-order valence-corrected chi connectivity index (χ1v) is 6.68. The van der Waals surface area contributed by atoms with E-state index >= 15 is 0 Å². The molecule has 0 N–H and O–H groups in total. The Morgan fingerprint density at radius 1 is 1.09 bits per heavy atom. The van der Waals surface area contributed by atoms with Crippen molar-refractivity contribution in [2.24, 2.45) is 0 Å². The number of carbonyl (C=O) groups is 1. The molecule has 0 spiro atoms. The molecule has 1 aromatic carbocycles. The topological polar surface area (TPSA) is 52.1 Å². The highest BCUT2D eigenvalue weighted by Crippen LogP contribution is 2.12. The molecule has 2 aromatic heterocycles. The molecule has 3 aromatic rings. The molecule has 0 radical (unpaired) electrons. The summed E-state index contributed by atoms with van der Waals surface area (Å²) in [6, 6.07) is 14.9. The van der Waals surface area contributed by atoms with Crippen molar-refractivity contribution in [2.75, 3.05) is 7.11 Å². The minimum Gasteiger partial charge on any atom is -0.464 e. The number of esters is 1. The number of ether oxygens (including phenoxy) is 1. The molecule has 2 heterocycles. The van der Waals surface area contributed by atoms with Gasteiger partial charge in [0.05, 0.1) is 12.6 Å². The maximum absolute atomic E-state index is 11.4. The van der Waals surface area contributed by atoms with Gasteiger partial charge in [-0.25, -0.2) is 9.78 Å². The lowest BCUT2D eigenvalue weighted by molar-refractivity contribution is 0.0594. The highest BCUT2D eigenvalue weighted by molar-refractivity contribution is 5.87. The zero-order valence-electron chi connectivity index (χ0n) is 11.9. The SMILES string of the molecule is COC(=O)c1cccc(C#Cc2cnc3ccccc3c2)n1. The highest BCUT2D eigenvalue weighted by Gasteiger charge is 2.06. The molecular formula is C18H12N2O2. The third-order valence-corrected chi connectivity index (χ3v) is 3.07. The molecule has 4 heteroatoms. The van der Waals surface area contributed by atoms with E-state index in [1.54, 1.807) is 24.4 Å². The van der Waals surface area contributed by atoms with Crippen molar-refractivity contribution in [2.45, 2.75) is 0 Å². The highest BCUT2D eigenvalue weighted by atomic mass is 16.5. The van der Waals surface area contributed by atoms with Gasteiger partial charge in [-0.3, -0.25) is 4.98 Å². The zero-order chi connectivity index (χ0) is 15.4.